The van der Waals surface area contributed by atoms with Crippen LogP contribution in [0.15, 0.2) is 27.3 Å². The van der Waals surface area contributed by atoms with Gasteiger partial charge in [0.1, 0.15) is 5.76 Å². The Labute approximate surface area is 106 Å². The molecule has 0 aromatic carbocycles. The van der Waals surface area contributed by atoms with Crippen LogP contribution >= 0.6 is 12.4 Å². The van der Waals surface area contributed by atoms with Gasteiger partial charge in [-0.2, -0.15) is 4.98 Å². The molecule has 0 spiro atoms. The normalized spacial score (nSPS) is 12.1. The van der Waals surface area contributed by atoms with E-state index in [0.29, 0.717) is 18.3 Å². The van der Waals surface area contributed by atoms with Gasteiger partial charge < -0.3 is 14.3 Å². The maximum atomic E-state index is 5.24. The number of hydrogen-bond donors (Lipinski definition) is 1. The van der Waals surface area contributed by atoms with E-state index in [4.69, 9.17) is 8.94 Å². The number of nitrogens with one attached hydrogen (secondary N) is 1. The Morgan fingerprint density at radius 1 is 1.47 bits per heavy atom. The van der Waals surface area contributed by atoms with Crippen molar-refractivity contribution < 1.29 is 8.94 Å². The lowest BCUT2D eigenvalue weighted by atomic mass is 10.2. The Morgan fingerprint density at radius 3 is 2.82 bits per heavy atom. The fourth-order valence-electron chi connectivity index (χ4n) is 1.51. The van der Waals surface area contributed by atoms with E-state index in [1.165, 1.54) is 0 Å². The molecule has 1 N–H and O–H groups in total. The van der Waals surface area contributed by atoms with Gasteiger partial charge >= 0.3 is 0 Å². The molecule has 0 aliphatic heterocycles. The molecular weight excluding hydrogens is 242 g/mol. The molecule has 1 atom stereocenters. The Balaban J connectivity index is 0.00000144. The van der Waals surface area contributed by atoms with Crippen LogP contribution in [0.3, 0.4) is 0 Å². The third-order valence-electron chi connectivity index (χ3n) is 2.37. The second-order valence-electron chi connectivity index (χ2n) is 3.59. The van der Waals surface area contributed by atoms with Gasteiger partial charge in [-0.1, -0.05) is 12.1 Å². The molecule has 2 aromatic rings. The Bertz CT molecular complexity index is 428. The van der Waals surface area contributed by atoms with E-state index >= 15 is 0 Å². The summed E-state index contributed by atoms with van der Waals surface area (Å²) in [5.74, 6) is 2.19. The average molecular weight is 258 g/mol. The maximum Gasteiger partial charge on any atom is 0.223 e. The third-order valence-corrected chi connectivity index (χ3v) is 2.37. The summed E-state index contributed by atoms with van der Waals surface area (Å²) < 4.78 is 10.2. The first kappa shape index (κ1) is 13.7. The molecule has 0 fully saturated rings. The number of hydrogen-bond acceptors (Lipinski definition) is 5. The monoisotopic (exact) mass is 257 g/mol. The lowest BCUT2D eigenvalue weighted by Gasteiger charge is -2.11. The van der Waals surface area contributed by atoms with Crippen molar-refractivity contribution in [2.75, 3.05) is 0 Å². The lowest BCUT2D eigenvalue weighted by Crippen LogP contribution is -2.21. The summed E-state index contributed by atoms with van der Waals surface area (Å²) in [6.07, 6.45) is 2.57. The van der Waals surface area contributed by atoms with Gasteiger partial charge in [0.2, 0.25) is 5.89 Å². The Kier molecular flexibility index (Phi) is 5.18. The van der Waals surface area contributed by atoms with Crippen molar-refractivity contribution in [1.82, 2.24) is 15.5 Å². The van der Waals surface area contributed by atoms with Crippen LogP contribution in [0, 0.1) is 6.92 Å². The first-order chi connectivity index (χ1) is 7.79. The molecule has 2 aromatic heterocycles. The zero-order valence-electron chi connectivity index (χ0n) is 9.84. The Morgan fingerprint density at radius 2 is 2.29 bits per heavy atom. The second-order valence-corrected chi connectivity index (χ2v) is 3.59. The quantitative estimate of drug-likeness (QED) is 0.892. The van der Waals surface area contributed by atoms with Crippen molar-refractivity contribution in [2.45, 2.75) is 32.9 Å². The average Bonchev–Trinajstić information content (AvgIpc) is 2.91. The van der Waals surface area contributed by atoms with Crippen LogP contribution in [-0.4, -0.2) is 10.1 Å². The molecule has 0 aliphatic carbocycles. The van der Waals surface area contributed by atoms with Crippen LogP contribution in [0.1, 0.15) is 36.9 Å². The fraction of sp³-hybridized carbons (Fsp3) is 0.455. The predicted octanol–water partition coefficient (Wildman–Crippen LogP) is 2.63. The summed E-state index contributed by atoms with van der Waals surface area (Å²) in [6, 6.07) is 3.90. The van der Waals surface area contributed by atoms with Crippen molar-refractivity contribution in [3.63, 3.8) is 0 Å². The molecule has 0 saturated carbocycles. The van der Waals surface area contributed by atoms with Crippen LogP contribution in [0.4, 0.5) is 0 Å². The number of aromatic nitrogens is 2. The summed E-state index contributed by atoms with van der Waals surface area (Å²) >= 11 is 0. The van der Waals surface area contributed by atoms with E-state index < -0.39 is 0 Å². The SMILES string of the molecule is CCC(NCc1ccco1)c1noc(C)n1.Cl. The van der Waals surface area contributed by atoms with Gasteiger partial charge in [-0.25, -0.2) is 0 Å². The molecule has 0 amide bonds. The Hall–Kier alpha value is -1.33. The maximum absolute atomic E-state index is 5.24. The highest BCUT2D eigenvalue weighted by Crippen LogP contribution is 2.13. The minimum atomic E-state index is 0. The predicted molar refractivity (Wildman–Crippen MR) is 64.9 cm³/mol. The molecule has 0 saturated heterocycles. The van der Waals surface area contributed by atoms with E-state index in [1.54, 1.807) is 13.2 Å². The summed E-state index contributed by atoms with van der Waals surface area (Å²) in [7, 11) is 0. The molecule has 0 aliphatic rings. The summed E-state index contributed by atoms with van der Waals surface area (Å²) in [5, 5.41) is 7.23. The highest BCUT2D eigenvalue weighted by atomic mass is 35.5. The number of nitrogens with zero attached hydrogens (tertiary/aromatic N) is 2. The smallest absolute Gasteiger partial charge is 0.223 e. The minimum Gasteiger partial charge on any atom is -0.468 e. The number of aryl methyl sites for hydroxylation is 1. The van der Waals surface area contributed by atoms with Crippen molar-refractivity contribution in [1.29, 1.82) is 0 Å². The zero-order chi connectivity index (χ0) is 11.4. The van der Waals surface area contributed by atoms with Gasteiger partial charge in [0.05, 0.1) is 18.8 Å². The number of rotatable bonds is 5. The van der Waals surface area contributed by atoms with Gasteiger partial charge in [-0.05, 0) is 18.6 Å². The fourth-order valence-corrected chi connectivity index (χ4v) is 1.51. The van der Waals surface area contributed by atoms with Crippen LogP contribution in [-0.2, 0) is 6.54 Å². The van der Waals surface area contributed by atoms with E-state index in [9.17, 15) is 0 Å². The summed E-state index contributed by atoms with van der Waals surface area (Å²) in [4.78, 5) is 4.21. The van der Waals surface area contributed by atoms with Crippen LogP contribution < -0.4 is 5.32 Å². The first-order valence-electron chi connectivity index (χ1n) is 5.35. The molecule has 6 heteroatoms. The largest absolute Gasteiger partial charge is 0.468 e. The van der Waals surface area contributed by atoms with Gasteiger partial charge in [0.15, 0.2) is 5.82 Å². The van der Waals surface area contributed by atoms with Crippen molar-refractivity contribution >= 4 is 12.4 Å². The molecule has 94 valence electrons. The molecule has 17 heavy (non-hydrogen) atoms. The molecule has 2 rings (SSSR count). The van der Waals surface area contributed by atoms with Crippen LogP contribution in [0.2, 0.25) is 0 Å². The van der Waals surface area contributed by atoms with Crippen molar-refractivity contribution in [2.24, 2.45) is 0 Å². The van der Waals surface area contributed by atoms with Gasteiger partial charge in [-0.3, -0.25) is 0 Å². The van der Waals surface area contributed by atoms with Crippen molar-refractivity contribution in [3.05, 3.63) is 35.9 Å². The summed E-state index contributed by atoms with van der Waals surface area (Å²) in [5.41, 5.74) is 0. The topological polar surface area (TPSA) is 64.1 Å². The molecule has 0 radical (unpaired) electrons. The lowest BCUT2D eigenvalue weighted by molar-refractivity contribution is 0.370. The number of furan rings is 1. The standard InChI is InChI=1S/C11H15N3O2.ClH/c1-3-10(11-13-8(2)16-14-11)12-7-9-5-4-6-15-9;/h4-6,10,12H,3,7H2,1-2H3;1H. The second kappa shape index (κ2) is 6.42. The summed E-state index contributed by atoms with van der Waals surface area (Å²) in [6.45, 7) is 4.53. The van der Waals surface area contributed by atoms with E-state index in [2.05, 4.69) is 22.4 Å². The minimum absolute atomic E-state index is 0. The molecule has 0 bridgehead atoms. The van der Waals surface area contributed by atoms with Gasteiger partial charge in [-0.15, -0.1) is 12.4 Å². The van der Waals surface area contributed by atoms with E-state index in [1.807, 2.05) is 12.1 Å². The van der Waals surface area contributed by atoms with Crippen molar-refractivity contribution in [3.8, 4) is 0 Å². The molecule has 1 unspecified atom stereocenters. The van der Waals surface area contributed by atoms with E-state index in [0.717, 1.165) is 12.2 Å². The molecule has 2 heterocycles. The highest BCUT2D eigenvalue weighted by Gasteiger charge is 2.15. The highest BCUT2D eigenvalue weighted by molar-refractivity contribution is 5.85. The van der Waals surface area contributed by atoms with E-state index in [-0.39, 0.29) is 18.4 Å². The van der Waals surface area contributed by atoms with Gasteiger partial charge in [0.25, 0.3) is 0 Å². The molecular formula is C11H16ClN3O2. The first-order valence-corrected chi connectivity index (χ1v) is 5.35. The third kappa shape index (κ3) is 3.57. The van der Waals surface area contributed by atoms with Crippen LogP contribution in [0.5, 0.6) is 0 Å². The number of halogens is 1. The van der Waals surface area contributed by atoms with Crippen LogP contribution in [0.25, 0.3) is 0 Å². The van der Waals surface area contributed by atoms with Gasteiger partial charge in [0, 0.05) is 6.92 Å². The zero-order valence-corrected chi connectivity index (χ0v) is 10.7. The molecule has 5 nitrogen and oxygen atoms in total.